The van der Waals surface area contributed by atoms with Gasteiger partial charge < -0.3 is 9.84 Å². The largest absolute Gasteiger partial charge is 0.513 e. The van der Waals surface area contributed by atoms with E-state index in [1.807, 2.05) is 0 Å². The van der Waals surface area contributed by atoms with Gasteiger partial charge in [0.05, 0.1) is 6.61 Å². The Morgan fingerprint density at radius 1 is 1.22 bits per heavy atom. The van der Waals surface area contributed by atoms with Gasteiger partial charge in [-0.1, -0.05) is 30.3 Å². The monoisotopic (exact) mass is 384 g/mol. The molecule has 1 aromatic heterocycles. The minimum Gasteiger partial charge on any atom is -0.513 e. The SMILES string of the molecule is CCOC(=O)c1c(N=N/C(=C/O)C(=O)c2ccccc2)sc2c1CCCC2. The molecule has 1 aliphatic rings. The van der Waals surface area contributed by atoms with Crippen molar-refractivity contribution in [3.8, 4) is 0 Å². The van der Waals surface area contributed by atoms with E-state index in [1.165, 1.54) is 11.3 Å². The van der Waals surface area contributed by atoms with E-state index in [0.717, 1.165) is 36.1 Å². The van der Waals surface area contributed by atoms with Crippen LogP contribution in [0.25, 0.3) is 0 Å². The van der Waals surface area contributed by atoms with E-state index in [0.29, 0.717) is 22.4 Å². The molecule has 0 fully saturated rings. The second-order valence-electron chi connectivity index (χ2n) is 6.02. The average molecular weight is 384 g/mol. The summed E-state index contributed by atoms with van der Waals surface area (Å²) in [6.45, 7) is 2.03. The first kappa shape index (κ1) is 19.0. The van der Waals surface area contributed by atoms with Gasteiger partial charge in [0.15, 0.2) is 10.7 Å². The number of benzene rings is 1. The number of rotatable bonds is 6. The number of carbonyl (C=O) groups is 2. The maximum atomic E-state index is 12.4. The van der Waals surface area contributed by atoms with Crippen LogP contribution in [0, 0.1) is 0 Å². The van der Waals surface area contributed by atoms with Gasteiger partial charge >= 0.3 is 5.97 Å². The van der Waals surface area contributed by atoms with Crippen LogP contribution in [0.15, 0.2) is 52.5 Å². The Balaban J connectivity index is 1.93. The van der Waals surface area contributed by atoms with Gasteiger partial charge in [-0.15, -0.1) is 21.6 Å². The summed E-state index contributed by atoms with van der Waals surface area (Å²) in [6.07, 6.45) is 4.42. The molecule has 0 saturated heterocycles. The van der Waals surface area contributed by atoms with Crippen LogP contribution >= 0.6 is 11.3 Å². The predicted octanol–water partition coefficient (Wildman–Crippen LogP) is 5.17. The van der Waals surface area contributed by atoms with Crippen molar-refractivity contribution in [2.45, 2.75) is 32.6 Å². The van der Waals surface area contributed by atoms with Crippen molar-refractivity contribution in [3.05, 3.63) is 63.9 Å². The average Bonchev–Trinajstić information content (AvgIpc) is 3.07. The molecule has 0 unspecified atom stereocenters. The molecule has 27 heavy (non-hydrogen) atoms. The third kappa shape index (κ3) is 4.14. The van der Waals surface area contributed by atoms with Gasteiger partial charge in [0, 0.05) is 10.4 Å². The highest BCUT2D eigenvalue weighted by atomic mass is 32.1. The summed E-state index contributed by atoms with van der Waals surface area (Å²) < 4.78 is 5.18. The van der Waals surface area contributed by atoms with Crippen molar-refractivity contribution in [1.82, 2.24) is 0 Å². The van der Waals surface area contributed by atoms with E-state index in [1.54, 1.807) is 37.3 Å². The molecule has 7 heteroatoms. The quantitative estimate of drug-likeness (QED) is 0.245. The summed E-state index contributed by atoms with van der Waals surface area (Å²) in [4.78, 5) is 26.0. The minimum absolute atomic E-state index is 0.192. The Kier molecular flexibility index (Phi) is 6.13. The number of aliphatic hydroxyl groups excluding tert-OH is 1. The molecule has 0 amide bonds. The highest BCUT2D eigenvalue weighted by Crippen LogP contribution is 2.40. The Morgan fingerprint density at radius 3 is 2.67 bits per heavy atom. The number of aryl methyl sites for hydroxylation is 1. The van der Waals surface area contributed by atoms with Gasteiger partial charge in [0.1, 0.15) is 11.8 Å². The van der Waals surface area contributed by atoms with Crippen LogP contribution in [-0.4, -0.2) is 23.5 Å². The van der Waals surface area contributed by atoms with Crippen molar-refractivity contribution in [3.63, 3.8) is 0 Å². The number of nitrogens with zero attached hydrogens (tertiary/aromatic N) is 2. The van der Waals surface area contributed by atoms with Crippen molar-refractivity contribution in [1.29, 1.82) is 0 Å². The molecular formula is C20H20N2O4S. The van der Waals surface area contributed by atoms with Crippen LogP contribution in [0.2, 0.25) is 0 Å². The number of Topliss-reactive ketones (excluding diaryl/α,β-unsaturated/α-hetero) is 1. The zero-order valence-electron chi connectivity index (χ0n) is 15.0. The molecule has 6 nitrogen and oxygen atoms in total. The molecule has 0 atom stereocenters. The van der Waals surface area contributed by atoms with Gasteiger partial charge in [-0.05, 0) is 38.2 Å². The number of hydrogen-bond donors (Lipinski definition) is 1. The van der Waals surface area contributed by atoms with Gasteiger partial charge in [-0.3, -0.25) is 4.79 Å². The van der Waals surface area contributed by atoms with Crippen LogP contribution in [0.5, 0.6) is 0 Å². The lowest BCUT2D eigenvalue weighted by molar-refractivity contribution is 0.0526. The number of esters is 1. The molecule has 0 bridgehead atoms. The lowest BCUT2D eigenvalue weighted by Gasteiger charge is -2.11. The molecule has 0 saturated carbocycles. The first-order valence-corrected chi connectivity index (χ1v) is 9.64. The number of ketones is 1. The summed E-state index contributed by atoms with van der Waals surface area (Å²) in [7, 11) is 0. The van der Waals surface area contributed by atoms with E-state index < -0.39 is 11.8 Å². The van der Waals surface area contributed by atoms with E-state index >= 15 is 0 Å². The number of hydrogen-bond acceptors (Lipinski definition) is 7. The zero-order valence-corrected chi connectivity index (χ0v) is 15.8. The molecule has 1 aromatic carbocycles. The number of azo groups is 1. The molecule has 1 aliphatic carbocycles. The highest BCUT2D eigenvalue weighted by molar-refractivity contribution is 7.16. The Morgan fingerprint density at radius 2 is 1.96 bits per heavy atom. The highest BCUT2D eigenvalue weighted by Gasteiger charge is 2.26. The van der Waals surface area contributed by atoms with Gasteiger partial charge in [-0.25, -0.2) is 4.79 Å². The fourth-order valence-electron chi connectivity index (χ4n) is 3.00. The Bertz CT molecular complexity index is 900. The lowest BCUT2D eigenvalue weighted by Crippen LogP contribution is -2.09. The lowest BCUT2D eigenvalue weighted by atomic mass is 9.95. The van der Waals surface area contributed by atoms with Crippen LogP contribution in [-0.2, 0) is 17.6 Å². The van der Waals surface area contributed by atoms with Gasteiger partial charge in [0.25, 0.3) is 0 Å². The maximum Gasteiger partial charge on any atom is 0.341 e. The molecule has 1 N–H and O–H groups in total. The fraction of sp³-hybridized carbons (Fsp3) is 0.300. The standard InChI is InChI=1S/C20H20N2O4S/c1-2-26-20(25)17-14-10-6-7-11-16(14)27-19(17)22-21-15(12-23)18(24)13-8-4-3-5-9-13/h3-5,8-9,12,23H,2,6-7,10-11H2,1H3/b15-12+,22-21?. The molecule has 2 aromatic rings. The van der Waals surface area contributed by atoms with Crippen LogP contribution in [0.1, 0.15) is 50.9 Å². The third-order valence-corrected chi connectivity index (χ3v) is 5.45. The second-order valence-corrected chi connectivity index (χ2v) is 7.10. The molecular weight excluding hydrogens is 364 g/mol. The molecule has 3 rings (SSSR count). The van der Waals surface area contributed by atoms with E-state index in [4.69, 9.17) is 4.74 Å². The number of fused-ring (bicyclic) bond motifs is 1. The fourth-order valence-corrected chi connectivity index (χ4v) is 4.20. The summed E-state index contributed by atoms with van der Waals surface area (Å²) in [5.74, 6) is -0.865. The summed E-state index contributed by atoms with van der Waals surface area (Å²) in [5, 5.41) is 17.9. The summed E-state index contributed by atoms with van der Waals surface area (Å²) in [5.41, 5.74) is 1.61. The van der Waals surface area contributed by atoms with Crippen molar-refractivity contribution < 1.29 is 19.4 Å². The summed E-state index contributed by atoms with van der Waals surface area (Å²) in [6, 6.07) is 8.52. The van der Waals surface area contributed by atoms with Crippen molar-refractivity contribution >= 4 is 28.1 Å². The first-order chi connectivity index (χ1) is 13.2. The van der Waals surface area contributed by atoms with Crippen LogP contribution in [0.3, 0.4) is 0 Å². The molecule has 140 valence electrons. The van der Waals surface area contributed by atoms with E-state index in [9.17, 15) is 14.7 Å². The second kappa shape index (κ2) is 8.73. The number of ether oxygens (including phenoxy) is 1. The Hall–Kier alpha value is -2.80. The number of thiophene rings is 1. The van der Waals surface area contributed by atoms with Crippen LogP contribution < -0.4 is 0 Å². The topological polar surface area (TPSA) is 88.3 Å². The van der Waals surface area contributed by atoms with Crippen LogP contribution in [0.4, 0.5) is 5.00 Å². The summed E-state index contributed by atoms with van der Waals surface area (Å²) >= 11 is 1.39. The molecule has 0 spiro atoms. The number of carbonyl (C=O) groups excluding carboxylic acids is 2. The molecule has 0 radical (unpaired) electrons. The van der Waals surface area contributed by atoms with Gasteiger partial charge in [0.2, 0.25) is 5.78 Å². The van der Waals surface area contributed by atoms with Crippen molar-refractivity contribution in [2.24, 2.45) is 10.2 Å². The van der Waals surface area contributed by atoms with E-state index in [-0.39, 0.29) is 12.3 Å². The first-order valence-electron chi connectivity index (χ1n) is 8.83. The smallest absolute Gasteiger partial charge is 0.341 e. The van der Waals surface area contributed by atoms with Crippen molar-refractivity contribution in [2.75, 3.05) is 6.61 Å². The number of aliphatic hydroxyl groups is 1. The van der Waals surface area contributed by atoms with E-state index in [2.05, 4.69) is 10.2 Å². The number of allylic oxidation sites excluding steroid dienone is 1. The maximum absolute atomic E-state index is 12.4. The molecule has 0 aliphatic heterocycles. The normalized spacial score (nSPS) is 14.2. The predicted molar refractivity (Wildman–Crippen MR) is 103 cm³/mol. The third-order valence-electron chi connectivity index (χ3n) is 4.27. The Labute approximate surface area is 161 Å². The minimum atomic E-state index is -0.444. The molecule has 1 heterocycles. The zero-order chi connectivity index (χ0) is 19.2. The van der Waals surface area contributed by atoms with Gasteiger partial charge in [-0.2, -0.15) is 0 Å².